The van der Waals surface area contributed by atoms with Gasteiger partial charge in [0.15, 0.2) is 11.9 Å². The van der Waals surface area contributed by atoms with Crippen LogP contribution in [0.1, 0.15) is 12.2 Å². The summed E-state index contributed by atoms with van der Waals surface area (Å²) in [5.41, 5.74) is 0. The molecule has 1 aromatic rings. The summed E-state index contributed by atoms with van der Waals surface area (Å²) >= 11 is 0. The third kappa shape index (κ3) is 4.93. The molecule has 0 fully saturated rings. The number of carboxylic acid groups (broad SMARTS) is 1. The van der Waals surface area contributed by atoms with E-state index in [0.717, 1.165) is 6.39 Å². The van der Waals surface area contributed by atoms with Crippen molar-refractivity contribution < 1.29 is 24.3 Å². The van der Waals surface area contributed by atoms with Crippen LogP contribution in [0.3, 0.4) is 0 Å². The van der Waals surface area contributed by atoms with E-state index < -0.39 is 18.1 Å². The van der Waals surface area contributed by atoms with Crippen LogP contribution in [0.15, 0.2) is 10.9 Å². The molecule has 4 N–H and O–H groups in total. The van der Waals surface area contributed by atoms with Gasteiger partial charge in [-0.1, -0.05) is 5.16 Å². The van der Waals surface area contributed by atoms with Gasteiger partial charge in [0.1, 0.15) is 0 Å². The minimum absolute atomic E-state index is 0.0472. The summed E-state index contributed by atoms with van der Waals surface area (Å²) in [5.74, 6) is -0.996. The number of carbonyl (C=O) groups is 2. The fourth-order valence-corrected chi connectivity index (χ4v) is 0.938. The van der Waals surface area contributed by atoms with E-state index >= 15 is 0 Å². The molecule has 1 heterocycles. The van der Waals surface area contributed by atoms with Gasteiger partial charge in [0, 0.05) is 13.0 Å². The van der Waals surface area contributed by atoms with Crippen LogP contribution >= 0.6 is 0 Å². The molecule has 2 amide bonds. The highest BCUT2D eigenvalue weighted by atomic mass is 16.5. The summed E-state index contributed by atoms with van der Waals surface area (Å²) < 4.78 is 4.45. The van der Waals surface area contributed by atoms with Crippen molar-refractivity contribution in [2.24, 2.45) is 0 Å². The zero-order valence-corrected chi connectivity index (χ0v) is 8.79. The number of aliphatic hydroxyl groups excluding tert-OH is 1. The maximum atomic E-state index is 11.2. The predicted molar refractivity (Wildman–Crippen MR) is 52.8 cm³/mol. The van der Waals surface area contributed by atoms with Crippen molar-refractivity contribution >= 4 is 12.0 Å². The Bertz CT molecular complexity index is 366. The van der Waals surface area contributed by atoms with Gasteiger partial charge in [0.2, 0.25) is 6.39 Å². The Morgan fingerprint density at radius 3 is 2.82 bits per heavy atom. The van der Waals surface area contributed by atoms with Gasteiger partial charge in [0.25, 0.3) is 0 Å². The number of carbonyl (C=O) groups excluding carboxylic acids is 1. The van der Waals surface area contributed by atoms with Gasteiger partial charge < -0.3 is 25.4 Å². The van der Waals surface area contributed by atoms with Gasteiger partial charge >= 0.3 is 12.0 Å². The molecule has 9 nitrogen and oxygen atoms in total. The number of carboxylic acids is 1. The number of rotatable bonds is 6. The minimum atomic E-state index is -1.48. The maximum absolute atomic E-state index is 11.2. The number of hydrogen-bond donors (Lipinski definition) is 4. The van der Waals surface area contributed by atoms with Gasteiger partial charge in [-0.05, 0) is 0 Å². The molecule has 0 aliphatic carbocycles. The van der Waals surface area contributed by atoms with Crippen molar-refractivity contribution in [2.45, 2.75) is 19.1 Å². The topological polar surface area (TPSA) is 138 Å². The van der Waals surface area contributed by atoms with Crippen LogP contribution in [0.2, 0.25) is 0 Å². The molecule has 0 radical (unpaired) electrons. The van der Waals surface area contributed by atoms with Crippen LogP contribution in [-0.2, 0) is 11.3 Å². The van der Waals surface area contributed by atoms with Crippen LogP contribution in [0.4, 0.5) is 4.79 Å². The van der Waals surface area contributed by atoms with Gasteiger partial charge in [-0.2, -0.15) is 4.98 Å². The number of aromatic nitrogens is 2. The summed E-state index contributed by atoms with van der Waals surface area (Å²) in [5, 5.41) is 25.6. The smallest absolute Gasteiger partial charge is 0.332 e. The third-order valence-electron chi connectivity index (χ3n) is 1.80. The molecular formula is C8H12N4O5. The first-order valence-electron chi connectivity index (χ1n) is 4.77. The van der Waals surface area contributed by atoms with Crippen LogP contribution in [0.25, 0.3) is 0 Å². The zero-order valence-electron chi connectivity index (χ0n) is 8.79. The second-order valence-electron chi connectivity index (χ2n) is 3.10. The summed E-state index contributed by atoms with van der Waals surface area (Å²) in [6.45, 7) is 0.148. The lowest BCUT2D eigenvalue weighted by Gasteiger charge is -2.07. The fourth-order valence-electron chi connectivity index (χ4n) is 0.938. The standard InChI is InChI=1S/C8H12N4O5/c13-5(7(14)15)1-2-9-8(16)10-3-6-11-4-17-12-6/h4-5,13H,1-3H2,(H,14,15)(H2,9,10,16)/t5-/m0/s1. The third-order valence-corrected chi connectivity index (χ3v) is 1.80. The average molecular weight is 244 g/mol. The second kappa shape index (κ2) is 6.43. The van der Waals surface area contributed by atoms with Crippen LogP contribution in [0.5, 0.6) is 0 Å². The Kier molecular flexibility index (Phi) is 4.88. The molecule has 0 spiro atoms. The minimum Gasteiger partial charge on any atom is -0.479 e. The van der Waals surface area contributed by atoms with E-state index in [9.17, 15) is 9.59 Å². The van der Waals surface area contributed by atoms with Crippen molar-refractivity contribution in [3.8, 4) is 0 Å². The Balaban J connectivity index is 2.11. The van der Waals surface area contributed by atoms with E-state index in [0.29, 0.717) is 5.82 Å². The summed E-state index contributed by atoms with van der Waals surface area (Å²) in [7, 11) is 0. The first kappa shape index (κ1) is 12.9. The largest absolute Gasteiger partial charge is 0.479 e. The molecule has 0 aliphatic heterocycles. The lowest BCUT2D eigenvalue weighted by atomic mass is 10.2. The van der Waals surface area contributed by atoms with Crippen LogP contribution in [0, 0.1) is 0 Å². The van der Waals surface area contributed by atoms with E-state index in [2.05, 4.69) is 25.3 Å². The van der Waals surface area contributed by atoms with Crippen molar-refractivity contribution in [3.63, 3.8) is 0 Å². The van der Waals surface area contributed by atoms with E-state index in [-0.39, 0.29) is 19.5 Å². The average Bonchev–Trinajstić information content (AvgIpc) is 2.78. The Hall–Kier alpha value is -2.16. The van der Waals surface area contributed by atoms with Gasteiger partial charge in [-0.3, -0.25) is 0 Å². The normalized spacial score (nSPS) is 11.8. The highest BCUT2D eigenvalue weighted by molar-refractivity contribution is 5.74. The monoisotopic (exact) mass is 244 g/mol. The predicted octanol–water partition coefficient (Wildman–Crippen LogP) is -1.30. The Morgan fingerprint density at radius 1 is 1.47 bits per heavy atom. The summed E-state index contributed by atoms with van der Waals surface area (Å²) in [6.07, 6.45) is -0.407. The fraction of sp³-hybridized carbons (Fsp3) is 0.500. The molecule has 1 aromatic heterocycles. The molecule has 1 atom stereocenters. The SMILES string of the molecule is O=C(NCC[C@H](O)C(=O)O)NCc1ncon1. The number of urea groups is 1. The van der Waals surface area contributed by atoms with Crippen LogP contribution < -0.4 is 10.6 Å². The van der Waals surface area contributed by atoms with E-state index in [1.807, 2.05) is 0 Å². The number of aliphatic carboxylic acids is 1. The van der Waals surface area contributed by atoms with Crippen molar-refractivity contribution in [1.82, 2.24) is 20.8 Å². The second-order valence-corrected chi connectivity index (χ2v) is 3.10. The van der Waals surface area contributed by atoms with E-state index in [1.54, 1.807) is 0 Å². The van der Waals surface area contributed by atoms with Gasteiger partial charge in [0.05, 0.1) is 6.54 Å². The number of amides is 2. The highest BCUT2D eigenvalue weighted by Gasteiger charge is 2.12. The summed E-state index contributed by atoms with van der Waals surface area (Å²) in [4.78, 5) is 25.1. The number of aliphatic hydroxyl groups is 1. The summed E-state index contributed by atoms with van der Waals surface area (Å²) in [6, 6.07) is -0.507. The van der Waals surface area contributed by atoms with Crippen molar-refractivity contribution in [3.05, 3.63) is 12.2 Å². The first-order chi connectivity index (χ1) is 8.09. The van der Waals surface area contributed by atoms with Gasteiger partial charge in [-0.15, -0.1) is 0 Å². The molecule has 94 valence electrons. The number of nitrogens with zero attached hydrogens (tertiary/aromatic N) is 2. The molecule has 17 heavy (non-hydrogen) atoms. The molecule has 0 aliphatic rings. The lowest BCUT2D eigenvalue weighted by Crippen LogP contribution is -2.37. The van der Waals surface area contributed by atoms with Crippen molar-refractivity contribution in [1.29, 1.82) is 0 Å². The first-order valence-corrected chi connectivity index (χ1v) is 4.77. The van der Waals surface area contributed by atoms with E-state index in [4.69, 9.17) is 10.2 Å². The van der Waals surface area contributed by atoms with Gasteiger partial charge in [-0.25, -0.2) is 9.59 Å². The van der Waals surface area contributed by atoms with E-state index in [1.165, 1.54) is 0 Å². The molecule has 0 saturated carbocycles. The lowest BCUT2D eigenvalue weighted by molar-refractivity contribution is -0.146. The highest BCUT2D eigenvalue weighted by Crippen LogP contribution is 1.90. The molecule has 0 aromatic carbocycles. The molecular weight excluding hydrogens is 232 g/mol. The molecule has 1 rings (SSSR count). The zero-order chi connectivity index (χ0) is 12.7. The van der Waals surface area contributed by atoms with Crippen molar-refractivity contribution in [2.75, 3.05) is 6.54 Å². The molecule has 0 bridgehead atoms. The molecule has 0 saturated heterocycles. The maximum Gasteiger partial charge on any atom is 0.332 e. The van der Waals surface area contributed by atoms with Crippen LogP contribution in [-0.4, -0.2) is 45.0 Å². The number of hydrogen-bond acceptors (Lipinski definition) is 6. The molecule has 9 heteroatoms. The Morgan fingerprint density at radius 2 is 2.24 bits per heavy atom. The Labute approximate surface area is 95.8 Å². The quantitative estimate of drug-likeness (QED) is 0.488. The number of nitrogens with one attached hydrogen (secondary N) is 2. The molecule has 0 unspecified atom stereocenters.